The van der Waals surface area contributed by atoms with Crippen molar-refractivity contribution in [2.24, 2.45) is 0 Å². The zero-order valence-electron chi connectivity index (χ0n) is 9.48. The molecule has 0 radical (unpaired) electrons. The smallest absolute Gasteiger partial charge is 0.255 e. The molecule has 0 bridgehead atoms. The SMILES string of the molecule is Cc1ccc(Cl)c(Oc2c(F)c(F)nc(F)c2F)c1. The predicted molar refractivity (Wildman–Crippen MR) is 60.3 cm³/mol. The number of rotatable bonds is 2. The van der Waals surface area contributed by atoms with E-state index in [0.29, 0.717) is 5.56 Å². The van der Waals surface area contributed by atoms with E-state index in [0.717, 1.165) is 0 Å². The molecular weight excluding hydrogens is 286 g/mol. The van der Waals surface area contributed by atoms with E-state index in [1.807, 2.05) is 0 Å². The summed E-state index contributed by atoms with van der Waals surface area (Å²) in [6.07, 6.45) is 0. The zero-order valence-corrected chi connectivity index (χ0v) is 10.2. The normalized spacial score (nSPS) is 10.6. The first-order chi connectivity index (χ1) is 8.90. The summed E-state index contributed by atoms with van der Waals surface area (Å²) in [5.74, 6) is -8.38. The highest BCUT2D eigenvalue weighted by molar-refractivity contribution is 6.32. The Morgan fingerprint density at radius 2 is 1.63 bits per heavy atom. The number of ether oxygens (including phenoxy) is 1. The van der Waals surface area contributed by atoms with Gasteiger partial charge in [-0.2, -0.15) is 22.5 Å². The number of benzene rings is 1. The molecule has 0 aliphatic rings. The van der Waals surface area contributed by atoms with Gasteiger partial charge < -0.3 is 4.74 Å². The lowest BCUT2D eigenvalue weighted by Crippen LogP contribution is -2.03. The maximum absolute atomic E-state index is 13.3. The minimum atomic E-state index is -1.79. The fourth-order valence-corrected chi connectivity index (χ4v) is 1.51. The second-order valence-electron chi connectivity index (χ2n) is 3.69. The molecule has 0 spiro atoms. The van der Waals surface area contributed by atoms with Gasteiger partial charge in [0.1, 0.15) is 5.75 Å². The van der Waals surface area contributed by atoms with Gasteiger partial charge in [0.05, 0.1) is 5.02 Å². The van der Waals surface area contributed by atoms with E-state index in [-0.39, 0.29) is 10.8 Å². The van der Waals surface area contributed by atoms with Crippen LogP contribution < -0.4 is 4.74 Å². The molecule has 0 aliphatic carbocycles. The summed E-state index contributed by atoms with van der Waals surface area (Å²) in [6, 6.07) is 4.43. The van der Waals surface area contributed by atoms with Crippen LogP contribution in [-0.4, -0.2) is 4.98 Å². The Morgan fingerprint density at radius 3 is 2.21 bits per heavy atom. The molecule has 2 aromatic rings. The minimum absolute atomic E-state index is 0.0435. The van der Waals surface area contributed by atoms with Crippen molar-refractivity contribution in [2.75, 3.05) is 0 Å². The Labute approximate surface area is 110 Å². The first-order valence-electron chi connectivity index (χ1n) is 5.04. The van der Waals surface area contributed by atoms with Crippen LogP contribution in [0.4, 0.5) is 17.6 Å². The standard InChI is InChI=1S/C12H6ClF4NO/c1-5-2-3-6(13)7(4-5)19-10-8(14)11(16)18-12(17)9(10)15/h2-4H,1H3. The van der Waals surface area contributed by atoms with Crippen molar-refractivity contribution in [1.82, 2.24) is 4.98 Å². The van der Waals surface area contributed by atoms with Crippen LogP contribution >= 0.6 is 11.6 Å². The molecule has 19 heavy (non-hydrogen) atoms. The van der Waals surface area contributed by atoms with E-state index in [4.69, 9.17) is 16.3 Å². The van der Waals surface area contributed by atoms with Crippen molar-refractivity contribution in [3.8, 4) is 11.5 Å². The highest BCUT2D eigenvalue weighted by Gasteiger charge is 2.23. The molecule has 1 heterocycles. The lowest BCUT2D eigenvalue weighted by molar-refractivity contribution is 0.343. The van der Waals surface area contributed by atoms with Crippen molar-refractivity contribution < 1.29 is 22.3 Å². The molecular formula is C12H6ClF4NO. The third kappa shape index (κ3) is 2.63. The molecule has 0 atom stereocenters. The molecule has 0 N–H and O–H groups in total. The van der Waals surface area contributed by atoms with Crippen LogP contribution in [0, 0.1) is 30.5 Å². The summed E-state index contributed by atoms with van der Waals surface area (Å²) in [4.78, 5) is 2.42. The zero-order chi connectivity index (χ0) is 14.2. The Kier molecular flexibility index (Phi) is 3.61. The number of halogens is 5. The topological polar surface area (TPSA) is 22.1 Å². The maximum Gasteiger partial charge on any atom is 0.255 e. The highest BCUT2D eigenvalue weighted by atomic mass is 35.5. The number of nitrogens with zero attached hydrogens (tertiary/aromatic N) is 1. The Morgan fingerprint density at radius 1 is 1.05 bits per heavy atom. The van der Waals surface area contributed by atoms with Crippen molar-refractivity contribution >= 4 is 11.6 Å². The van der Waals surface area contributed by atoms with Gasteiger partial charge in [0.25, 0.3) is 11.9 Å². The van der Waals surface area contributed by atoms with Crippen LogP contribution in [0.15, 0.2) is 18.2 Å². The van der Waals surface area contributed by atoms with Crippen LogP contribution in [0.5, 0.6) is 11.5 Å². The van der Waals surface area contributed by atoms with Gasteiger partial charge in [-0.15, -0.1) is 0 Å². The molecule has 7 heteroatoms. The number of hydrogen-bond donors (Lipinski definition) is 0. The lowest BCUT2D eigenvalue weighted by atomic mass is 10.2. The molecule has 0 fully saturated rings. The molecule has 2 rings (SSSR count). The van der Waals surface area contributed by atoms with Crippen LogP contribution in [0.1, 0.15) is 5.56 Å². The van der Waals surface area contributed by atoms with Gasteiger partial charge in [-0.05, 0) is 24.6 Å². The van der Waals surface area contributed by atoms with Gasteiger partial charge in [-0.3, -0.25) is 0 Å². The number of pyridine rings is 1. The largest absolute Gasteiger partial charge is 0.449 e. The van der Waals surface area contributed by atoms with Crippen LogP contribution in [0.2, 0.25) is 5.02 Å². The third-order valence-corrected chi connectivity index (χ3v) is 2.57. The van der Waals surface area contributed by atoms with Crippen molar-refractivity contribution in [1.29, 1.82) is 0 Å². The second kappa shape index (κ2) is 5.05. The van der Waals surface area contributed by atoms with Gasteiger partial charge in [0, 0.05) is 0 Å². The van der Waals surface area contributed by atoms with E-state index >= 15 is 0 Å². The predicted octanol–water partition coefficient (Wildman–Crippen LogP) is 4.39. The lowest BCUT2D eigenvalue weighted by Gasteiger charge is -2.10. The van der Waals surface area contributed by atoms with Crippen molar-refractivity contribution in [3.05, 3.63) is 52.3 Å². The first kappa shape index (κ1) is 13.6. The van der Waals surface area contributed by atoms with Gasteiger partial charge >= 0.3 is 0 Å². The van der Waals surface area contributed by atoms with Gasteiger partial charge in [0.15, 0.2) is 0 Å². The number of aromatic nitrogens is 1. The maximum atomic E-state index is 13.3. The fraction of sp³-hybridized carbons (Fsp3) is 0.0833. The third-order valence-electron chi connectivity index (χ3n) is 2.26. The molecule has 1 aromatic carbocycles. The van der Waals surface area contributed by atoms with Crippen LogP contribution in [0.25, 0.3) is 0 Å². The van der Waals surface area contributed by atoms with Gasteiger partial charge in [-0.1, -0.05) is 17.7 Å². The molecule has 1 aromatic heterocycles. The van der Waals surface area contributed by atoms with E-state index in [1.165, 1.54) is 12.1 Å². The molecule has 0 saturated heterocycles. The summed E-state index contributed by atoms with van der Waals surface area (Å²) in [5.41, 5.74) is 0.690. The minimum Gasteiger partial charge on any atom is -0.449 e. The quantitative estimate of drug-likeness (QED) is 0.604. The molecule has 2 nitrogen and oxygen atoms in total. The van der Waals surface area contributed by atoms with Crippen molar-refractivity contribution in [2.45, 2.75) is 6.92 Å². The summed E-state index contributed by atoms with van der Waals surface area (Å²) in [6.45, 7) is 1.68. The number of hydrogen-bond acceptors (Lipinski definition) is 2. The average molecular weight is 292 g/mol. The van der Waals surface area contributed by atoms with E-state index in [9.17, 15) is 17.6 Å². The Balaban J connectivity index is 2.52. The highest BCUT2D eigenvalue weighted by Crippen LogP contribution is 2.34. The summed E-state index contributed by atoms with van der Waals surface area (Å²) in [7, 11) is 0. The average Bonchev–Trinajstić information content (AvgIpc) is 2.36. The monoisotopic (exact) mass is 291 g/mol. The summed E-state index contributed by atoms with van der Waals surface area (Å²) < 4.78 is 57.3. The van der Waals surface area contributed by atoms with E-state index in [1.54, 1.807) is 13.0 Å². The first-order valence-corrected chi connectivity index (χ1v) is 5.42. The summed E-state index contributed by atoms with van der Waals surface area (Å²) >= 11 is 5.76. The second-order valence-corrected chi connectivity index (χ2v) is 4.09. The molecule has 0 unspecified atom stereocenters. The Bertz CT molecular complexity index is 622. The van der Waals surface area contributed by atoms with Crippen LogP contribution in [0.3, 0.4) is 0 Å². The Hall–Kier alpha value is -1.82. The molecule has 0 amide bonds. The molecule has 0 aliphatic heterocycles. The summed E-state index contributed by atoms with van der Waals surface area (Å²) in [5, 5.41) is 0.0435. The van der Waals surface area contributed by atoms with Gasteiger partial charge in [0.2, 0.25) is 17.4 Å². The van der Waals surface area contributed by atoms with Crippen molar-refractivity contribution in [3.63, 3.8) is 0 Å². The van der Waals surface area contributed by atoms with Gasteiger partial charge in [-0.25, -0.2) is 0 Å². The molecule has 100 valence electrons. The van der Waals surface area contributed by atoms with E-state index in [2.05, 4.69) is 4.98 Å². The number of aryl methyl sites for hydroxylation is 1. The van der Waals surface area contributed by atoms with Crippen LogP contribution in [-0.2, 0) is 0 Å². The fourth-order valence-electron chi connectivity index (χ4n) is 1.36. The molecule has 0 saturated carbocycles. The van der Waals surface area contributed by atoms with E-state index < -0.39 is 29.3 Å².